The minimum Gasteiger partial charge on any atom is -0.507 e. The Hall–Kier alpha value is -4.24. The average Bonchev–Trinajstić information content (AvgIpc) is 2.79. The van der Waals surface area contributed by atoms with E-state index < -0.39 is 25.0 Å². The van der Waals surface area contributed by atoms with Crippen molar-refractivity contribution in [3.8, 4) is 11.5 Å². The van der Waals surface area contributed by atoms with Gasteiger partial charge in [-0.1, -0.05) is 36.4 Å². The fourth-order valence-electron chi connectivity index (χ4n) is 2.72. The fraction of sp³-hybridized carbons (Fsp3) is 0.167. The maximum atomic E-state index is 11.8. The molecule has 9 heteroatoms. The van der Waals surface area contributed by atoms with Crippen LogP contribution in [0.3, 0.4) is 0 Å². The number of para-hydroxylation sites is 2. The van der Waals surface area contributed by atoms with E-state index in [0.29, 0.717) is 35.1 Å². The SMILES string of the molecule is C=CCc1cccc(C=NNC(=O)COCC(=O)NN=Cc2cccc(CC=C)c2O)c1O. The molecule has 0 unspecified atom stereocenters. The summed E-state index contributed by atoms with van der Waals surface area (Å²) in [5.41, 5.74) is 6.76. The van der Waals surface area contributed by atoms with Gasteiger partial charge in [-0.15, -0.1) is 13.2 Å². The number of hydrogen-bond donors (Lipinski definition) is 4. The Morgan fingerprint density at radius 1 is 0.818 bits per heavy atom. The third-order valence-electron chi connectivity index (χ3n) is 4.28. The third-order valence-corrected chi connectivity index (χ3v) is 4.28. The van der Waals surface area contributed by atoms with E-state index in [1.807, 2.05) is 0 Å². The second-order valence-electron chi connectivity index (χ2n) is 6.77. The highest BCUT2D eigenvalue weighted by atomic mass is 16.5. The van der Waals surface area contributed by atoms with Crippen molar-refractivity contribution >= 4 is 24.2 Å². The summed E-state index contributed by atoms with van der Waals surface area (Å²) in [4.78, 5) is 23.5. The van der Waals surface area contributed by atoms with Crippen LogP contribution in [0.15, 0.2) is 71.9 Å². The summed E-state index contributed by atoms with van der Waals surface area (Å²) in [5, 5.41) is 27.8. The standard InChI is InChI=1S/C24H26N4O5/c1-3-7-17-9-5-11-19(23(17)31)13-25-27-21(29)15-33-16-22(30)28-26-14-20-12-6-10-18(8-4-2)24(20)32/h3-6,9-14,31-32H,1-2,7-8,15-16H2,(H,27,29)(H,28,30). The zero-order valence-corrected chi connectivity index (χ0v) is 18.0. The molecule has 0 aliphatic carbocycles. The molecule has 0 fully saturated rings. The molecule has 0 atom stereocenters. The second kappa shape index (κ2) is 13.2. The molecule has 4 N–H and O–H groups in total. The summed E-state index contributed by atoms with van der Waals surface area (Å²) >= 11 is 0. The van der Waals surface area contributed by atoms with Crippen molar-refractivity contribution in [2.75, 3.05) is 13.2 Å². The number of carbonyl (C=O) groups is 2. The van der Waals surface area contributed by atoms with Gasteiger partial charge in [0.05, 0.1) is 12.4 Å². The molecule has 0 radical (unpaired) electrons. The maximum Gasteiger partial charge on any atom is 0.266 e. The Labute approximate surface area is 191 Å². The lowest BCUT2D eigenvalue weighted by Gasteiger charge is -2.05. The van der Waals surface area contributed by atoms with E-state index in [1.165, 1.54) is 12.4 Å². The number of ether oxygens (including phenoxy) is 1. The van der Waals surface area contributed by atoms with Crippen molar-refractivity contribution in [2.24, 2.45) is 10.2 Å². The maximum absolute atomic E-state index is 11.8. The van der Waals surface area contributed by atoms with Crippen LogP contribution < -0.4 is 10.9 Å². The fourth-order valence-corrected chi connectivity index (χ4v) is 2.72. The van der Waals surface area contributed by atoms with Gasteiger partial charge >= 0.3 is 0 Å². The number of amides is 2. The summed E-state index contributed by atoms with van der Waals surface area (Å²) in [6.07, 6.45) is 6.96. The quantitative estimate of drug-likeness (QED) is 0.223. The van der Waals surface area contributed by atoms with Crippen molar-refractivity contribution < 1.29 is 24.5 Å². The predicted molar refractivity (Wildman–Crippen MR) is 126 cm³/mol. The van der Waals surface area contributed by atoms with E-state index in [-0.39, 0.29) is 11.5 Å². The first-order valence-corrected chi connectivity index (χ1v) is 10.0. The number of hydrazone groups is 2. The monoisotopic (exact) mass is 450 g/mol. The zero-order chi connectivity index (χ0) is 24.1. The molecule has 172 valence electrons. The van der Waals surface area contributed by atoms with Crippen LogP contribution in [0.5, 0.6) is 11.5 Å². The molecule has 0 aliphatic heterocycles. The Kier molecular flexibility index (Phi) is 10.0. The molecule has 33 heavy (non-hydrogen) atoms. The smallest absolute Gasteiger partial charge is 0.266 e. The van der Waals surface area contributed by atoms with Crippen molar-refractivity contribution in [1.29, 1.82) is 0 Å². The number of carbonyl (C=O) groups excluding carboxylic acids is 2. The van der Waals surface area contributed by atoms with Crippen molar-refractivity contribution in [2.45, 2.75) is 12.8 Å². The van der Waals surface area contributed by atoms with E-state index in [2.05, 4.69) is 34.2 Å². The van der Waals surface area contributed by atoms with E-state index in [9.17, 15) is 19.8 Å². The minimum absolute atomic E-state index is 0.0598. The van der Waals surface area contributed by atoms with Crippen LogP contribution in [-0.2, 0) is 27.2 Å². The molecule has 0 spiro atoms. The van der Waals surface area contributed by atoms with Gasteiger partial charge in [0.15, 0.2) is 0 Å². The largest absolute Gasteiger partial charge is 0.507 e. The molecule has 0 saturated carbocycles. The van der Waals surface area contributed by atoms with E-state index >= 15 is 0 Å². The van der Waals surface area contributed by atoms with E-state index in [1.54, 1.807) is 48.6 Å². The number of hydrogen-bond acceptors (Lipinski definition) is 7. The summed E-state index contributed by atoms with van der Waals surface area (Å²) in [5.74, 6) is -1.03. The van der Waals surface area contributed by atoms with Crippen LogP contribution in [0.2, 0.25) is 0 Å². The van der Waals surface area contributed by atoms with Crippen LogP contribution in [-0.4, -0.2) is 47.7 Å². The Morgan fingerprint density at radius 2 is 1.24 bits per heavy atom. The molecular formula is C24H26N4O5. The highest BCUT2D eigenvalue weighted by Crippen LogP contribution is 2.22. The molecule has 0 aliphatic rings. The summed E-state index contributed by atoms with van der Waals surface area (Å²) < 4.78 is 5.02. The molecule has 9 nitrogen and oxygen atoms in total. The van der Waals surface area contributed by atoms with Gasteiger partial charge in [0, 0.05) is 11.1 Å². The van der Waals surface area contributed by atoms with Gasteiger partial charge in [-0.3, -0.25) is 9.59 Å². The number of rotatable bonds is 12. The molecule has 0 bridgehead atoms. The number of aromatic hydroxyl groups is 2. The lowest BCUT2D eigenvalue weighted by molar-refractivity contribution is -0.130. The van der Waals surface area contributed by atoms with Crippen LogP contribution >= 0.6 is 0 Å². The molecule has 0 saturated heterocycles. The Bertz CT molecular complexity index is 979. The predicted octanol–water partition coefficient (Wildman–Crippen LogP) is 2.17. The third kappa shape index (κ3) is 8.08. The zero-order valence-electron chi connectivity index (χ0n) is 18.0. The number of phenols is 2. The molecule has 2 aromatic carbocycles. The molecule has 0 heterocycles. The van der Waals surface area contributed by atoms with Gasteiger partial charge in [-0.2, -0.15) is 10.2 Å². The number of nitrogens with one attached hydrogen (secondary N) is 2. The van der Waals surface area contributed by atoms with Crippen molar-refractivity contribution in [3.05, 3.63) is 84.0 Å². The van der Waals surface area contributed by atoms with Gasteiger partial charge in [-0.05, 0) is 36.1 Å². The molecule has 0 aromatic heterocycles. The van der Waals surface area contributed by atoms with E-state index in [4.69, 9.17) is 4.74 Å². The summed E-state index contributed by atoms with van der Waals surface area (Å²) in [6.45, 7) is 6.46. The average molecular weight is 450 g/mol. The van der Waals surface area contributed by atoms with E-state index in [0.717, 1.165) is 0 Å². The molecule has 2 rings (SSSR count). The van der Waals surface area contributed by atoms with Gasteiger partial charge < -0.3 is 14.9 Å². The normalized spacial score (nSPS) is 10.9. The van der Waals surface area contributed by atoms with Crippen LogP contribution in [0.25, 0.3) is 0 Å². The van der Waals surface area contributed by atoms with Gasteiger partial charge in [0.1, 0.15) is 24.7 Å². The second-order valence-corrected chi connectivity index (χ2v) is 6.77. The van der Waals surface area contributed by atoms with Gasteiger partial charge in [0.2, 0.25) is 0 Å². The molecule has 2 amide bonds. The minimum atomic E-state index is -0.576. The highest BCUT2D eigenvalue weighted by Gasteiger charge is 2.07. The lowest BCUT2D eigenvalue weighted by Crippen LogP contribution is -2.28. The van der Waals surface area contributed by atoms with Gasteiger partial charge in [-0.25, -0.2) is 10.9 Å². The lowest BCUT2D eigenvalue weighted by atomic mass is 10.1. The first-order chi connectivity index (χ1) is 16.0. The molecule has 2 aromatic rings. The summed E-state index contributed by atoms with van der Waals surface area (Å²) in [7, 11) is 0. The van der Waals surface area contributed by atoms with Crippen LogP contribution in [0.1, 0.15) is 22.3 Å². The van der Waals surface area contributed by atoms with Gasteiger partial charge in [0.25, 0.3) is 11.8 Å². The van der Waals surface area contributed by atoms with Crippen LogP contribution in [0, 0.1) is 0 Å². The number of allylic oxidation sites excluding steroid dienone is 2. The van der Waals surface area contributed by atoms with Crippen LogP contribution in [0.4, 0.5) is 0 Å². The highest BCUT2D eigenvalue weighted by molar-refractivity contribution is 5.87. The summed E-state index contributed by atoms with van der Waals surface area (Å²) in [6, 6.07) is 10.3. The number of phenolic OH excluding ortho intramolecular Hbond substituents is 2. The number of nitrogens with zero attached hydrogens (tertiary/aromatic N) is 2. The Balaban J connectivity index is 1.74. The first kappa shape index (κ1) is 25.0. The van der Waals surface area contributed by atoms with Crippen molar-refractivity contribution in [3.63, 3.8) is 0 Å². The number of benzene rings is 2. The molecular weight excluding hydrogens is 424 g/mol. The topological polar surface area (TPSA) is 133 Å². The first-order valence-electron chi connectivity index (χ1n) is 10.0. The Morgan fingerprint density at radius 3 is 1.64 bits per heavy atom. The van der Waals surface area contributed by atoms with Crippen molar-refractivity contribution in [1.82, 2.24) is 10.9 Å².